The number of benzene rings is 1. The van der Waals surface area contributed by atoms with Crippen LogP contribution in [0, 0.1) is 34.0 Å². The van der Waals surface area contributed by atoms with E-state index in [-0.39, 0.29) is 5.57 Å². The lowest BCUT2D eigenvalue weighted by molar-refractivity contribution is 0.640. The molecule has 0 aromatic heterocycles. The second-order valence-electron chi connectivity index (χ2n) is 6.12. The number of hydrogen-bond acceptors (Lipinski definition) is 4. The highest BCUT2D eigenvalue weighted by Crippen LogP contribution is 2.39. The Morgan fingerprint density at radius 1 is 0.783 bits per heavy atom. The van der Waals surface area contributed by atoms with Crippen molar-refractivity contribution in [3.8, 4) is 18.2 Å². The van der Waals surface area contributed by atoms with E-state index in [1.54, 1.807) is 0 Å². The van der Waals surface area contributed by atoms with E-state index in [2.05, 4.69) is 11.4 Å². The summed E-state index contributed by atoms with van der Waals surface area (Å²) in [4.78, 5) is 0. The highest BCUT2D eigenvalue weighted by Gasteiger charge is 2.26. The molecule has 0 amide bonds. The lowest BCUT2D eigenvalue weighted by Crippen LogP contribution is -2.17. The Morgan fingerprint density at radius 2 is 1.30 bits per heavy atom. The normalized spacial score (nSPS) is 15.2. The van der Waals surface area contributed by atoms with Crippen molar-refractivity contribution in [3.63, 3.8) is 0 Å². The molecule has 2 aliphatic carbocycles. The monoisotopic (exact) mass is 302 g/mol. The Labute approximate surface area is 136 Å². The van der Waals surface area contributed by atoms with Crippen LogP contribution in [0.2, 0.25) is 0 Å². The predicted octanol–water partition coefficient (Wildman–Crippen LogP) is 3.66. The molecule has 0 spiro atoms. The van der Waals surface area contributed by atoms with Crippen LogP contribution in [0.1, 0.15) is 53.5 Å². The topological polar surface area (TPSA) is 83.4 Å². The number of hydrogen-bond donors (Lipinski definition) is 1. The molecule has 114 valence electrons. The minimum atomic E-state index is 0.0242. The molecule has 1 N–H and O–H groups in total. The second kappa shape index (κ2) is 6.55. The molecule has 23 heavy (non-hydrogen) atoms. The van der Waals surface area contributed by atoms with E-state index in [1.807, 2.05) is 12.1 Å². The van der Waals surface area contributed by atoms with Gasteiger partial charge in [-0.05, 0) is 73.6 Å². The number of allylic oxidation sites excluding steroid dienone is 1. The summed E-state index contributed by atoms with van der Waals surface area (Å²) in [5.41, 5.74) is 6.79. The van der Waals surface area contributed by atoms with Gasteiger partial charge in [0.15, 0.2) is 0 Å². The number of nitrogens with zero attached hydrogens (tertiary/aromatic N) is 3. The van der Waals surface area contributed by atoms with Gasteiger partial charge in [-0.2, -0.15) is 15.8 Å². The number of fused-ring (bicyclic) bond motifs is 3. The lowest BCUT2D eigenvalue weighted by Gasteiger charge is -2.29. The molecule has 0 fully saturated rings. The largest absolute Gasteiger partial charge is 0.359 e. The zero-order valence-corrected chi connectivity index (χ0v) is 13.1. The van der Waals surface area contributed by atoms with Gasteiger partial charge in [-0.15, -0.1) is 0 Å². The van der Waals surface area contributed by atoms with Crippen molar-refractivity contribution >= 4 is 5.69 Å². The molecule has 0 saturated carbocycles. The Balaban J connectivity index is 2.18. The van der Waals surface area contributed by atoms with Crippen LogP contribution in [0.15, 0.2) is 11.8 Å². The summed E-state index contributed by atoms with van der Waals surface area (Å²) >= 11 is 0. The molecule has 4 nitrogen and oxygen atoms in total. The fourth-order valence-corrected chi connectivity index (χ4v) is 3.85. The van der Waals surface area contributed by atoms with Gasteiger partial charge in [0, 0.05) is 6.20 Å². The molecule has 0 aliphatic heterocycles. The molecule has 2 aliphatic rings. The minimum absolute atomic E-state index is 0.0242. The van der Waals surface area contributed by atoms with Gasteiger partial charge in [0.1, 0.15) is 23.8 Å². The van der Waals surface area contributed by atoms with Gasteiger partial charge in [0.25, 0.3) is 0 Å². The standard InChI is InChI=1S/C19H18N4/c20-9-13(10-21)12-23-19-17-8-4-3-6-15(17)14-5-1-2-7-16(14)18(19)11-22/h12,23H,1-8H2. The van der Waals surface area contributed by atoms with Gasteiger partial charge in [0.2, 0.25) is 0 Å². The van der Waals surface area contributed by atoms with Crippen LogP contribution in [-0.4, -0.2) is 0 Å². The van der Waals surface area contributed by atoms with Gasteiger partial charge in [-0.25, -0.2) is 0 Å². The molecular weight excluding hydrogens is 284 g/mol. The summed E-state index contributed by atoms with van der Waals surface area (Å²) in [6, 6.07) is 6.09. The summed E-state index contributed by atoms with van der Waals surface area (Å²) in [6.45, 7) is 0. The molecular formula is C19H18N4. The van der Waals surface area contributed by atoms with Crippen LogP contribution >= 0.6 is 0 Å². The summed E-state index contributed by atoms with van der Waals surface area (Å²) in [7, 11) is 0. The Kier molecular flexibility index (Phi) is 4.31. The third-order valence-electron chi connectivity index (χ3n) is 4.87. The number of rotatable bonds is 2. The van der Waals surface area contributed by atoms with Gasteiger partial charge < -0.3 is 5.32 Å². The van der Waals surface area contributed by atoms with E-state index in [0.29, 0.717) is 5.56 Å². The zero-order valence-electron chi connectivity index (χ0n) is 13.1. The lowest BCUT2D eigenvalue weighted by atomic mass is 9.77. The molecule has 1 aromatic carbocycles. The molecule has 1 aromatic rings. The third-order valence-corrected chi connectivity index (χ3v) is 4.87. The van der Waals surface area contributed by atoms with E-state index in [9.17, 15) is 5.26 Å². The molecule has 0 bridgehead atoms. The molecule has 0 heterocycles. The average molecular weight is 302 g/mol. The Bertz CT molecular complexity index is 781. The number of anilines is 1. The maximum atomic E-state index is 9.71. The van der Waals surface area contributed by atoms with E-state index < -0.39 is 0 Å². The first-order valence-electron chi connectivity index (χ1n) is 8.16. The maximum absolute atomic E-state index is 9.71. The summed E-state index contributed by atoms with van der Waals surface area (Å²) in [5, 5.41) is 30.7. The molecule has 0 radical (unpaired) electrons. The molecule has 3 rings (SSSR count). The van der Waals surface area contributed by atoms with Crippen molar-refractivity contribution < 1.29 is 0 Å². The number of nitrogens with one attached hydrogen (secondary N) is 1. The SMILES string of the molecule is N#CC(C#N)=CNc1c(C#N)c2c(c3c1CCCC3)CCCC2. The first kappa shape index (κ1) is 15.1. The van der Waals surface area contributed by atoms with Crippen molar-refractivity contribution in [2.24, 2.45) is 0 Å². The van der Waals surface area contributed by atoms with Crippen molar-refractivity contribution in [2.75, 3.05) is 5.32 Å². The van der Waals surface area contributed by atoms with E-state index >= 15 is 0 Å². The van der Waals surface area contributed by atoms with Crippen molar-refractivity contribution in [1.29, 1.82) is 15.8 Å². The fourth-order valence-electron chi connectivity index (χ4n) is 3.85. The predicted molar refractivity (Wildman–Crippen MR) is 87.4 cm³/mol. The van der Waals surface area contributed by atoms with Gasteiger partial charge in [0.05, 0.1) is 11.3 Å². The summed E-state index contributed by atoms with van der Waals surface area (Å²) in [5.74, 6) is 0. The van der Waals surface area contributed by atoms with E-state index in [4.69, 9.17) is 10.5 Å². The van der Waals surface area contributed by atoms with Crippen LogP contribution in [0.5, 0.6) is 0 Å². The van der Waals surface area contributed by atoms with Crippen LogP contribution in [-0.2, 0) is 25.7 Å². The van der Waals surface area contributed by atoms with Crippen LogP contribution < -0.4 is 5.32 Å². The zero-order chi connectivity index (χ0) is 16.2. The Hall–Kier alpha value is -2.77. The third kappa shape index (κ3) is 2.67. The second-order valence-corrected chi connectivity index (χ2v) is 6.12. The average Bonchev–Trinajstić information content (AvgIpc) is 2.62. The minimum Gasteiger partial charge on any atom is -0.359 e. The fraction of sp³-hybridized carbons (Fsp3) is 0.421. The maximum Gasteiger partial charge on any atom is 0.145 e. The van der Waals surface area contributed by atoms with Gasteiger partial charge >= 0.3 is 0 Å². The first-order chi connectivity index (χ1) is 11.3. The molecule has 4 heteroatoms. The van der Waals surface area contributed by atoms with Crippen molar-refractivity contribution in [2.45, 2.75) is 51.4 Å². The van der Waals surface area contributed by atoms with Crippen LogP contribution in [0.4, 0.5) is 5.69 Å². The Morgan fingerprint density at radius 3 is 1.87 bits per heavy atom. The highest BCUT2D eigenvalue weighted by molar-refractivity contribution is 5.72. The molecule has 0 atom stereocenters. The van der Waals surface area contributed by atoms with Crippen LogP contribution in [0.3, 0.4) is 0 Å². The highest BCUT2D eigenvalue weighted by atomic mass is 14.9. The first-order valence-corrected chi connectivity index (χ1v) is 8.16. The molecule has 0 unspecified atom stereocenters. The van der Waals surface area contributed by atoms with Crippen molar-refractivity contribution in [3.05, 3.63) is 39.6 Å². The quantitative estimate of drug-likeness (QED) is 0.845. The smallest absolute Gasteiger partial charge is 0.145 e. The number of nitriles is 3. The van der Waals surface area contributed by atoms with Crippen molar-refractivity contribution in [1.82, 2.24) is 0 Å². The molecule has 0 saturated heterocycles. The summed E-state index contributed by atoms with van der Waals surface area (Å²) in [6.07, 6.45) is 10.1. The van der Waals surface area contributed by atoms with E-state index in [0.717, 1.165) is 44.2 Å². The summed E-state index contributed by atoms with van der Waals surface area (Å²) < 4.78 is 0. The van der Waals surface area contributed by atoms with E-state index in [1.165, 1.54) is 41.3 Å². The van der Waals surface area contributed by atoms with Crippen LogP contribution in [0.25, 0.3) is 0 Å². The van der Waals surface area contributed by atoms with Gasteiger partial charge in [-0.1, -0.05) is 0 Å². The van der Waals surface area contributed by atoms with Gasteiger partial charge in [-0.3, -0.25) is 0 Å².